The highest BCUT2D eigenvalue weighted by molar-refractivity contribution is 7.19. The first-order chi connectivity index (χ1) is 16.5. The first-order valence-electron chi connectivity index (χ1n) is 11.0. The normalized spacial score (nSPS) is 11.3. The van der Waals surface area contributed by atoms with Gasteiger partial charge in [-0.2, -0.15) is 0 Å². The zero-order valence-corrected chi connectivity index (χ0v) is 21.1. The molecular weight excluding hydrogens is 482 g/mol. The van der Waals surface area contributed by atoms with E-state index in [1.807, 2.05) is 47.8 Å². The first-order valence-corrected chi connectivity index (χ1v) is 13.1. The Morgan fingerprint density at radius 2 is 1.79 bits per heavy atom. The summed E-state index contributed by atoms with van der Waals surface area (Å²) in [5.74, 6) is 0.407. The van der Waals surface area contributed by atoms with E-state index in [2.05, 4.69) is 48.4 Å². The molecule has 0 saturated carbocycles. The monoisotopic (exact) mass is 503 g/mol. The molecule has 0 bridgehead atoms. The van der Waals surface area contributed by atoms with Crippen LogP contribution in [0.25, 0.3) is 32.7 Å². The Bertz CT molecular complexity index is 1470. The van der Waals surface area contributed by atoms with Crippen LogP contribution in [-0.4, -0.2) is 15.9 Å². The number of thiophene rings is 1. The fraction of sp³-hybridized carbons (Fsp3) is 0.148. The number of hydrogen-bond donors (Lipinski definition) is 1. The SMILES string of the molecule is CC(C)Cc1ccc(-c2csc(NC(=O)c3cc(-c4ccc(Cl)s4)nc4ccccc34)n2)cc1. The van der Waals surface area contributed by atoms with Crippen LogP contribution in [0, 0.1) is 5.92 Å². The minimum absolute atomic E-state index is 0.212. The van der Waals surface area contributed by atoms with Crippen LogP contribution in [0.15, 0.2) is 72.1 Å². The molecule has 0 unspecified atom stereocenters. The van der Waals surface area contributed by atoms with Gasteiger partial charge in [-0.05, 0) is 42.2 Å². The highest BCUT2D eigenvalue weighted by Crippen LogP contribution is 2.33. The Hall–Kier alpha value is -3.06. The number of pyridine rings is 1. The van der Waals surface area contributed by atoms with Gasteiger partial charge in [0, 0.05) is 16.3 Å². The first kappa shape index (κ1) is 22.7. The number of para-hydroxylation sites is 1. The van der Waals surface area contributed by atoms with Gasteiger partial charge in [0.2, 0.25) is 0 Å². The number of benzene rings is 2. The minimum Gasteiger partial charge on any atom is -0.298 e. The average molecular weight is 504 g/mol. The Kier molecular flexibility index (Phi) is 6.46. The summed E-state index contributed by atoms with van der Waals surface area (Å²) >= 11 is 8.98. The van der Waals surface area contributed by atoms with Crippen LogP contribution < -0.4 is 5.32 Å². The summed E-state index contributed by atoms with van der Waals surface area (Å²) < 4.78 is 0.684. The van der Waals surface area contributed by atoms with Crippen LogP contribution in [0.3, 0.4) is 0 Å². The second-order valence-corrected chi connectivity index (χ2v) is 11.0. The Morgan fingerprint density at radius 3 is 2.53 bits per heavy atom. The lowest BCUT2D eigenvalue weighted by molar-refractivity contribution is 0.102. The molecule has 5 rings (SSSR count). The van der Waals surface area contributed by atoms with Crippen molar-refractivity contribution in [3.05, 3.63) is 87.6 Å². The molecule has 0 fully saturated rings. The number of halogens is 1. The van der Waals surface area contributed by atoms with E-state index in [4.69, 9.17) is 16.6 Å². The fourth-order valence-corrected chi connectivity index (χ4v) is 5.57. The molecule has 0 atom stereocenters. The molecule has 1 N–H and O–H groups in total. The van der Waals surface area contributed by atoms with Gasteiger partial charge in [-0.3, -0.25) is 10.1 Å². The molecular formula is C27H22ClN3OS2. The maximum Gasteiger partial charge on any atom is 0.258 e. The number of carbonyl (C=O) groups is 1. The van der Waals surface area contributed by atoms with E-state index in [9.17, 15) is 4.79 Å². The predicted molar refractivity (Wildman–Crippen MR) is 144 cm³/mol. The third-order valence-corrected chi connectivity index (χ3v) is 7.42. The van der Waals surface area contributed by atoms with Crippen LogP contribution in [-0.2, 0) is 6.42 Å². The van der Waals surface area contributed by atoms with Gasteiger partial charge in [0.05, 0.1) is 31.7 Å². The van der Waals surface area contributed by atoms with Crippen LogP contribution in [0.1, 0.15) is 29.8 Å². The molecule has 0 spiro atoms. The number of nitrogens with one attached hydrogen (secondary N) is 1. The van der Waals surface area contributed by atoms with Gasteiger partial charge >= 0.3 is 0 Å². The van der Waals surface area contributed by atoms with E-state index in [0.29, 0.717) is 20.9 Å². The van der Waals surface area contributed by atoms with E-state index in [1.165, 1.54) is 28.2 Å². The largest absolute Gasteiger partial charge is 0.298 e. The standard InChI is InChI=1S/C27H22ClN3OS2/c1-16(2)13-17-7-9-18(10-8-17)23-15-33-27(30-23)31-26(32)20-14-22(24-11-12-25(28)34-24)29-21-6-4-3-5-19(20)21/h3-12,14-16H,13H2,1-2H3,(H,30,31,32). The number of amides is 1. The highest BCUT2D eigenvalue weighted by Gasteiger charge is 2.16. The second-order valence-electron chi connectivity index (χ2n) is 8.46. The van der Waals surface area contributed by atoms with Crippen LogP contribution in [0.5, 0.6) is 0 Å². The van der Waals surface area contributed by atoms with E-state index >= 15 is 0 Å². The lowest BCUT2D eigenvalue weighted by Gasteiger charge is -2.08. The van der Waals surface area contributed by atoms with E-state index in [-0.39, 0.29) is 5.91 Å². The Labute approximate surface area is 211 Å². The third kappa shape index (κ3) is 4.89. The molecule has 0 aliphatic heterocycles. The number of carbonyl (C=O) groups excluding carboxylic acids is 1. The Morgan fingerprint density at radius 1 is 1.00 bits per heavy atom. The molecule has 0 aliphatic carbocycles. The zero-order valence-electron chi connectivity index (χ0n) is 18.7. The topological polar surface area (TPSA) is 54.9 Å². The molecule has 3 aromatic heterocycles. The summed E-state index contributed by atoms with van der Waals surface area (Å²) in [5.41, 5.74) is 5.24. The van der Waals surface area contributed by atoms with Gasteiger partial charge in [0.1, 0.15) is 0 Å². The second kappa shape index (κ2) is 9.66. The van der Waals surface area contributed by atoms with Gasteiger partial charge in [-0.15, -0.1) is 22.7 Å². The molecule has 0 saturated heterocycles. The molecule has 7 heteroatoms. The predicted octanol–water partition coefficient (Wildman–Crippen LogP) is 8.19. The minimum atomic E-state index is -0.212. The summed E-state index contributed by atoms with van der Waals surface area (Å²) in [6.45, 7) is 4.43. The number of rotatable bonds is 6. The molecule has 0 radical (unpaired) electrons. The van der Waals surface area contributed by atoms with Gasteiger partial charge in [-0.25, -0.2) is 9.97 Å². The highest BCUT2D eigenvalue weighted by atomic mass is 35.5. The number of thiazole rings is 1. The van der Waals surface area contributed by atoms with E-state index < -0.39 is 0 Å². The summed E-state index contributed by atoms with van der Waals surface area (Å²) in [7, 11) is 0. The zero-order chi connectivity index (χ0) is 23.7. The quantitative estimate of drug-likeness (QED) is 0.254. The molecule has 34 heavy (non-hydrogen) atoms. The maximum atomic E-state index is 13.3. The van der Waals surface area contributed by atoms with Crippen molar-refractivity contribution < 1.29 is 4.79 Å². The Balaban J connectivity index is 1.42. The lowest BCUT2D eigenvalue weighted by atomic mass is 10.0. The summed E-state index contributed by atoms with van der Waals surface area (Å²) in [4.78, 5) is 23.6. The molecule has 170 valence electrons. The van der Waals surface area contributed by atoms with Crippen molar-refractivity contribution in [2.24, 2.45) is 5.92 Å². The van der Waals surface area contributed by atoms with Crippen LogP contribution in [0.2, 0.25) is 4.34 Å². The summed E-state index contributed by atoms with van der Waals surface area (Å²) in [6.07, 6.45) is 1.05. The van der Waals surface area contributed by atoms with Crippen molar-refractivity contribution in [1.82, 2.24) is 9.97 Å². The molecule has 4 nitrogen and oxygen atoms in total. The van der Waals surface area contributed by atoms with Crippen LogP contribution >= 0.6 is 34.3 Å². The van der Waals surface area contributed by atoms with E-state index in [0.717, 1.165) is 39.2 Å². The van der Waals surface area contributed by atoms with Crippen molar-refractivity contribution in [1.29, 1.82) is 0 Å². The maximum absolute atomic E-state index is 13.3. The van der Waals surface area contributed by atoms with Crippen molar-refractivity contribution in [3.8, 4) is 21.8 Å². The van der Waals surface area contributed by atoms with Crippen LogP contribution in [0.4, 0.5) is 5.13 Å². The van der Waals surface area contributed by atoms with E-state index in [1.54, 1.807) is 0 Å². The van der Waals surface area contributed by atoms with Crippen molar-refractivity contribution in [2.75, 3.05) is 5.32 Å². The van der Waals surface area contributed by atoms with Crippen molar-refractivity contribution >= 4 is 56.2 Å². The number of fused-ring (bicyclic) bond motifs is 1. The number of nitrogens with zero attached hydrogens (tertiary/aromatic N) is 2. The molecule has 1 amide bonds. The van der Waals surface area contributed by atoms with Gasteiger partial charge in [-0.1, -0.05) is 67.9 Å². The number of hydrogen-bond acceptors (Lipinski definition) is 5. The average Bonchev–Trinajstić information content (AvgIpc) is 3.47. The molecule has 5 aromatic rings. The number of anilines is 1. The van der Waals surface area contributed by atoms with Crippen molar-refractivity contribution in [2.45, 2.75) is 20.3 Å². The van der Waals surface area contributed by atoms with Gasteiger partial charge in [0.15, 0.2) is 5.13 Å². The molecule has 2 aromatic carbocycles. The van der Waals surface area contributed by atoms with Gasteiger partial charge in [0.25, 0.3) is 5.91 Å². The molecule has 3 heterocycles. The van der Waals surface area contributed by atoms with Crippen molar-refractivity contribution in [3.63, 3.8) is 0 Å². The lowest BCUT2D eigenvalue weighted by Crippen LogP contribution is -2.13. The fourth-order valence-electron chi connectivity index (χ4n) is 3.85. The summed E-state index contributed by atoms with van der Waals surface area (Å²) in [5, 5.41) is 6.31. The number of aromatic nitrogens is 2. The summed E-state index contributed by atoms with van der Waals surface area (Å²) in [6, 6.07) is 21.7. The third-order valence-electron chi connectivity index (χ3n) is 5.40. The molecule has 0 aliphatic rings. The smallest absolute Gasteiger partial charge is 0.258 e. The van der Waals surface area contributed by atoms with Gasteiger partial charge < -0.3 is 0 Å².